The maximum absolute atomic E-state index is 12.8. The summed E-state index contributed by atoms with van der Waals surface area (Å²) in [5.74, 6) is 0.422. The zero-order valence-corrected chi connectivity index (χ0v) is 10.7. The molecule has 0 spiro atoms. The smallest absolute Gasteiger partial charge is 0.123 e. The lowest BCUT2D eigenvalue weighted by Gasteiger charge is -2.36. The molecule has 1 aromatic heterocycles. The fourth-order valence-electron chi connectivity index (χ4n) is 2.55. The van der Waals surface area contributed by atoms with Gasteiger partial charge in [-0.3, -0.25) is 4.98 Å². The minimum absolute atomic E-state index is 0.157. The summed E-state index contributed by atoms with van der Waals surface area (Å²) in [7, 11) is 0. The van der Waals surface area contributed by atoms with Crippen LogP contribution >= 0.6 is 0 Å². The lowest BCUT2D eigenvalue weighted by molar-refractivity contribution is 0.289. The van der Waals surface area contributed by atoms with Crippen molar-refractivity contribution in [1.82, 2.24) is 10.3 Å². The monoisotopic (exact) mass is 256 g/mol. The molecular weight excluding hydrogens is 239 g/mol. The van der Waals surface area contributed by atoms with Crippen molar-refractivity contribution in [3.8, 4) is 0 Å². The first-order valence-electron chi connectivity index (χ1n) is 6.69. The number of nitrogens with one attached hydrogen (secondary N) is 1. The molecule has 2 nitrogen and oxygen atoms in total. The maximum atomic E-state index is 12.8. The lowest BCUT2D eigenvalue weighted by Crippen LogP contribution is -2.39. The van der Waals surface area contributed by atoms with Crippen LogP contribution in [-0.4, -0.2) is 11.0 Å². The Balaban J connectivity index is 1.47. The molecule has 1 heterocycles. The molecule has 0 aliphatic heterocycles. The number of nitrogens with zero attached hydrogens (tertiary/aromatic N) is 1. The van der Waals surface area contributed by atoms with Gasteiger partial charge in [0.2, 0.25) is 0 Å². The summed E-state index contributed by atoms with van der Waals surface area (Å²) >= 11 is 0. The third kappa shape index (κ3) is 2.99. The Morgan fingerprint density at radius 1 is 1.05 bits per heavy atom. The van der Waals surface area contributed by atoms with Crippen LogP contribution in [0.25, 0.3) is 0 Å². The summed E-state index contributed by atoms with van der Waals surface area (Å²) in [5.41, 5.74) is 2.52. The average Bonchev–Trinajstić information content (AvgIpc) is 2.40. The molecule has 3 heteroatoms. The van der Waals surface area contributed by atoms with E-state index < -0.39 is 0 Å². The second-order valence-electron chi connectivity index (χ2n) is 5.15. The number of benzene rings is 1. The topological polar surface area (TPSA) is 24.9 Å². The molecule has 1 aromatic carbocycles. The maximum Gasteiger partial charge on any atom is 0.123 e. The number of pyridine rings is 1. The molecule has 1 saturated carbocycles. The molecule has 1 aliphatic rings. The van der Waals surface area contributed by atoms with E-state index in [1.807, 2.05) is 36.7 Å². The zero-order valence-electron chi connectivity index (χ0n) is 10.7. The molecule has 2 aromatic rings. The van der Waals surface area contributed by atoms with E-state index in [0.29, 0.717) is 12.0 Å². The highest BCUT2D eigenvalue weighted by molar-refractivity contribution is 5.23. The third-order valence-electron chi connectivity index (χ3n) is 3.82. The van der Waals surface area contributed by atoms with E-state index in [4.69, 9.17) is 0 Å². The molecule has 0 amide bonds. The summed E-state index contributed by atoms with van der Waals surface area (Å²) in [6.45, 7) is 0.892. The quantitative estimate of drug-likeness (QED) is 0.908. The zero-order chi connectivity index (χ0) is 13.1. The van der Waals surface area contributed by atoms with Crippen molar-refractivity contribution >= 4 is 0 Å². The van der Waals surface area contributed by atoms with Crippen LogP contribution in [-0.2, 0) is 6.54 Å². The van der Waals surface area contributed by atoms with Gasteiger partial charge in [-0.1, -0.05) is 12.1 Å². The van der Waals surface area contributed by atoms with Gasteiger partial charge in [0.1, 0.15) is 5.82 Å². The number of aromatic nitrogens is 1. The summed E-state index contributed by atoms with van der Waals surface area (Å²) in [5, 5.41) is 3.54. The van der Waals surface area contributed by atoms with E-state index in [1.54, 1.807) is 12.1 Å². The highest BCUT2D eigenvalue weighted by Crippen LogP contribution is 2.36. The number of halogens is 1. The van der Waals surface area contributed by atoms with Gasteiger partial charge < -0.3 is 5.32 Å². The molecule has 0 radical (unpaired) electrons. The van der Waals surface area contributed by atoms with Gasteiger partial charge in [-0.05, 0) is 54.2 Å². The normalized spacial score (nSPS) is 21.9. The highest BCUT2D eigenvalue weighted by atomic mass is 19.1. The van der Waals surface area contributed by atoms with Crippen LogP contribution in [0.15, 0.2) is 48.8 Å². The SMILES string of the molecule is Fc1ccc(C2CC(NCc3ccncc3)C2)cc1. The van der Waals surface area contributed by atoms with Gasteiger partial charge in [0, 0.05) is 25.0 Å². The van der Waals surface area contributed by atoms with Crippen LogP contribution < -0.4 is 5.32 Å². The van der Waals surface area contributed by atoms with Gasteiger partial charge >= 0.3 is 0 Å². The van der Waals surface area contributed by atoms with Crippen molar-refractivity contribution in [2.24, 2.45) is 0 Å². The molecule has 3 rings (SSSR count). The lowest BCUT2D eigenvalue weighted by atomic mass is 9.76. The molecule has 1 N–H and O–H groups in total. The predicted molar refractivity (Wildman–Crippen MR) is 73.2 cm³/mol. The van der Waals surface area contributed by atoms with Gasteiger partial charge in [0.15, 0.2) is 0 Å². The summed E-state index contributed by atoms with van der Waals surface area (Å²) in [6, 6.07) is 11.5. The fourth-order valence-corrected chi connectivity index (χ4v) is 2.55. The van der Waals surface area contributed by atoms with E-state index in [9.17, 15) is 4.39 Å². The van der Waals surface area contributed by atoms with Crippen molar-refractivity contribution in [2.75, 3.05) is 0 Å². The summed E-state index contributed by atoms with van der Waals surface area (Å²) in [4.78, 5) is 4.01. The number of hydrogen-bond donors (Lipinski definition) is 1. The minimum Gasteiger partial charge on any atom is -0.310 e. The molecule has 0 saturated heterocycles. The third-order valence-corrected chi connectivity index (χ3v) is 3.82. The van der Waals surface area contributed by atoms with Crippen molar-refractivity contribution in [3.05, 3.63) is 65.7 Å². The Hall–Kier alpha value is -1.74. The van der Waals surface area contributed by atoms with Crippen molar-refractivity contribution < 1.29 is 4.39 Å². The van der Waals surface area contributed by atoms with Crippen molar-refractivity contribution in [2.45, 2.75) is 31.3 Å². The Morgan fingerprint density at radius 2 is 1.74 bits per heavy atom. The molecule has 1 aliphatic carbocycles. The van der Waals surface area contributed by atoms with Gasteiger partial charge in [-0.2, -0.15) is 0 Å². The fraction of sp³-hybridized carbons (Fsp3) is 0.312. The van der Waals surface area contributed by atoms with Crippen LogP contribution in [0.3, 0.4) is 0 Å². The molecule has 0 atom stereocenters. The molecule has 0 bridgehead atoms. The molecule has 1 fully saturated rings. The van der Waals surface area contributed by atoms with Crippen LogP contribution in [0.4, 0.5) is 4.39 Å². The first-order chi connectivity index (χ1) is 9.31. The van der Waals surface area contributed by atoms with Crippen molar-refractivity contribution in [3.63, 3.8) is 0 Å². The van der Waals surface area contributed by atoms with Crippen LogP contribution in [0.1, 0.15) is 29.9 Å². The Kier molecular flexibility index (Phi) is 3.56. The average molecular weight is 256 g/mol. The highest BCUT2D eigenvalue weighted by Gasteiger charge is 2.29. The van der Waals surface area contributed by atoms with Crippen LogP contribution in [0.2, 0.25) is 0 Å². The minimum atomic E-state index is -0.157. The van der Waals surface area contributed by atoms with Gasteiger partial charge in [0.25, 0.3) is 0 Å². The largest absolute Gasteiger partial charge is 0.310 e. The van der Waals surface area contributed by atoms with E-state index in [0.717, 1.165) is 19.4 Å². The molecular formula is C16H17FN2. The van der Waals surface area contributed by atoms with E-state index in [1.165, 1.54) is 11.1 Å². The van der Waals surface area contributed by atoms with Crippen LogP contribution in [0.5, 0.6) is 0 Å². The number of rotatable bonds is 4. The predicted octanol–water partition coefficient (Wildman–Crippen LogP) is 3.26. The Labute approximate surface area is 112 Å². The van der Waals surface area contributed by atoms with Gasteiger partial charge in [0.05, 0.1) is 0 Å². The van der Waals surface area contributed by atoms with Crippen molar-refractivity contribution in [1.29, 1.82) is 0 Å². The van der Waals surface area contributed by atoms with Crippen LogP contribution in [0, 0.1) is 5.82 Å². The van der Waals surface area contributed by atoms with Gasteiger partial charge in [-0.25, -0.2) is 4.39 Å². The van der Waals surface area contributed by atoms with E-state index >= 15 is 0 Å². The second kappa shape index (κ2) is 5.49. The molecule has 98 valence electrons. The van der Waals surface area contributed by atoms with E-state index in [-0.39, 0.29) is 5.82 Å². The first-order valence-corrected chi connectivity index (χ1v) is 6.69. The summed E-state index contributed by atoms with van der Waals surface area (Å²) < 4.78 is 12.8. The molecule has 0 unspecified atom stereocenters. The summed E-state index contributed by atoms with van der Waals surface area (Å²) in [6.07, 6.45) is 5.91. The first kappa shape index (κ1) is 12.3. The molecule has 19 heavy (non-hydrogen) atoms. The van der Waals surface area contributed by atoms with E-state index in [2.05, 4.69) is 10.3 Å². The number of hydrogen-bond acceptors (Lipinski definition) is 2. The van der Waals surface area contributed by atoms with Gasteiger partial charge in [-0.15, -0.1) is 0 Å². The second-order valence-corrected chi connectivity index (χ2v) is 5.15. The Morgan fingerprint density at radius 3 is 2.42 bits per heavy atom. The Bertz CT molecular complexity index is 518. The standard InChI is InChI=1S/C16H17FN2/c17-15-3-1-13(2-4-15)14-9-16(10-14)19-11-12-5-7-18-8-6-12/h1-8,14,16,19H,9-11H2.